The van der Waals surface area contributed by atoms with Gasteiger partial charge in [-0.2, -0.15) is 0 Å². The largest absolute Gasteiger partial charge is 0.445 e. The van der Waals surface area contributed by atoms with Crippen molar-refractivity contribution in [1.29, 1.82) is 0 Å². The van der Waals surface area contributed by atoms with Gasteiger partial charge in [0.15, 0.2) is 0 Å². The van der Waals surface area contributed by atoms with Crippen molar-refractivity contribution in [3.8, 4) is 0 Å². The minimum absolute atomic E-state index is 0.0864. The number of nitrogens with one attached hydrogen (secondary N) is 2. The van der Waals surface area contributed by atoms with Gasteiger partial charge in [0.2, 0.25) is 0 Å². The minimum Gasteiger partial charge on any atom is -0.445 e. The Labute approximate surface area is 166 Å². The molecule has 1 aromatic rings. The Hall–Kier alpha value is -2.32. The van der Waals surface area contributed by atoms with Gasteiger partial charge in [0.05, 0.1) is 6.10 Å². The van der Waals surface area contributed by atoms with Gasteiger partial charge < -0.3 is 30.1 Å². The molecule has 3 N–H and O–H groups in total. The number of ether oxygens (including phenoxy) is 2. The molecule has 2 amide bonds. The average molecular weight is 393 g/mol. The van der Waals surface area contributed by atoms with Gasteiger partial charge in [-0.15, -0.1) is 0 Å². The first-order chi connectivity index (χ1) is 13.2. The number of rotatable bonds is 7. The van der Waals surface area contributed by atoms with E-state index >= 15 is 0 Å². The van der Waals surface area contributed by atoms with Gasteiger partial charge in [-0.05, 0) is 32.8 Å². The van der Waals surface area contributed by atoms with E-state index in [-0.39, 0.29) is 25.3 Å². The Kier molecular flexibility index (Phi) is 8.07. The van der Waals surface area contributed by atoms with Crippen LogP contribution in [-0.2, 0) is 16.1 Å². The lowest BCUT2D eigenvalue weighted by molar-refractivity contribution is 0.0290. The normalized spacial score (nSPS) is 17.9. The average Bonchev–Trinajstić information content (AvgIpc) is 3.12. The van der Waals surface area contributed by atoms with Crippen LogP contribution in [0.2, 0.25) is 0 Å². The van der Waals surface area contributed by atoms with Gasteiger partial charge in [0.25, 0.3) is 0 Å². The molecule has 0 aliphatic carbocycles. The van der Waals surface area contributed by atoms with E-state index in [1.165, 1.54) is 0 Å². The van der Waals surface area contributed by atoms with Crippen LogP contribution in [0.25, 0.3) is 0 Å². The van der Waals surface area contributed by atoms with E-state index in [0.29, 0.717) is 19.6 Å². The van der Waals surface area contributed by atoms with Crippen LogP contribution in [0.3, 0.4) is 0 Å². The van der Waals surface area contributed by atoms with E-state index in [0.717, 1.165) is 12.0 Å². The molecule has 2 atom stereocenters. The first kappa shape index (κ1) is 22.0. The Morgan fingerprint density at radius 3 is 2.64 bits per heavy atom. The highest BCUT2D eigenvalue weighted by Crippen LogP contribution is 2.15. The molecule has 1 aromatic carbocycles. The zero-order valence-electron chi connectivity index (χ0n) is 16.8. The summed E-state index contributed by atoms with van der Waals surface area (Å²) >= 11 is 0. The second kappa shape index (κ2) is 10.3. The number of hydrogen-bond acceptors (Lipinski definition) is 6. The van der Waals surface area contributed by atoms with Crippen molar-refractivity contribution >= 4 is 12.2 Å². The molecular formula is C20H31N3O5. The lowest BCUT2D eigenvalue weighted by atomic mass is 10.2. The van der Waals surface area contributed by atoms with Crippen LogP contribution < -0.4 is 10.6 Å². The molecule has 8 nitrogen and oxygen atoms in total. The van der Waals surface area contributed by atoms with Crippen molar-refractivity contribution in [2.24, 2.45) is 0 Å². The van der Waals surface area contributed by atoms with Crippen LogP contribution in [0.4, 0.5) is 9.59 Å². The summed E-state index contributed by atoms with van der Waals surface area (Å²) in [5.41, 5.74) is 0.384. The van der Waals surface area contributed by atoms with Crippen LogP contribution in [0, 0.1) is 0 Å². The number of aliphatic hydroxyl groups is 1. The van der Waals surface area contributed by atoms with Gasteiger partial charge >= 0.3 is 12.2 Å². The topological polar surface area (TPSA) is 100 Å². The second-order valence-corrected chi connectivity index (χ2v) is 7.92. The standard InChI is InChI=1S/C20H31N3O5/c1-20(2,3)28-19(26)23-10-9-16(13-23)21-11-17(24)12-22-18(25)27-14-15-7-5-4-6-8-15/h4-8,16-17,21,24H,9-14H2,1-3H3,(H,22,25)/t16-,17-/m0/s1. The lowest BCUT2D eigenvalue weighted by Gasteiger charge is -2.24. The maximum Gasteiger partial charge on any atom is 0.410 e. The van der Waals surface area contributed by atoms with E-state index in [9.17, 15) is 14.7 Å². The number of hydrogen-bond donors (Lipinski definition) is 3. The molecule has 1 aliphatic rings. The van der Waals surface area contributed by atoms with E-state index in [4.69, 9.17) is 9.47 Å². The quantitative estimate of drug-likeness (QED) is 0.654. The summed E-state index contributed by atoms with van der Waals surface area (Å²) in [6.45, 7) is 7.25. The zero-order valence-corrected chi connectivity index (χ0v) is 16.8. The SMILES string of the molecule is CC(C)(C)OC(=O)N1CC[C@H](NC[C@H](O)CNC(=O)OCc2ccccc2)C1. The summed E-state index contributed by atoms with van der Waals surface area (Å²) in [4.78, 5) is 25.4. The number of carbonyl (C=O) groups excluding carboxylic acids is 2. The fraction of sp³-hybridized carbons (Fsp3) is 0.600. The number of carbonyl (C=O) groups is 2. The van der Waals surface area contributed by atoms with E-state index in [2.05, 4.69) is 10.6 Å². The maximum absolute atomic E-state index is 12.1. The molecule has 1 saturated heterocycles. The van der Waals surface area contributed by atoms with Crippen LogP contribution in [0.5, 0.6) is 0 Å². The summed E-state index contributed by atoms with van der Waals surface area (Å²) in [6.07, 6.45) is -0.849. The number of nitrogens with zero attached hydrogens (tertiary/aromatic N) is 1. The summed E-state index contributed by atoms with van der Waals surface area (Å²) in [5.74, 6) is 0. The number of benzene rings is 1. The molecule has 1 heterocycles. The molecule has 0 radical (unpaired) electrons. The summed E-state index contributed by atoms with van der Waals surface area (Å²) in [6, 6.07) is 9.47. The van der Waals surface area contributed by atoms with Gasteiger partial charge in [-0.1, -0.05) is 30.3 Å². The minimum atomic E-state index is -0.750. The van der Waals surface area contributed by atoms with Crippen LogP contribution >= 0.6 is 0 Å². The first-order valence-corrected chi connectivity index (χ1v) is 9.57. The summed E-state index contributed by atoms with van der Waals surface area (Å²) in [5, 5.41) is 15.8. The molecule has 0 aromatic heterocycles. The Bertz CT molecular complexity index is 632. The van der Waals surface area contributed by atoms with E-state index in [1.807, 2.05) is 51.1 Å². The highest BCUT2D eigenvalue weighted by Gasteiger charge is 2.29. The summed E-state index contributed by atoms with van der Waals surface area (Å²) < 4.78 is 10.5. The van der Waals surface area contributed by atoms with Gasteiger partial charge in [0, 0.05) is 32.2 Å². The van der Waals surface area contributed by atoms with Crippen molar-refractivity contribution in [1.82, 2.24) is 15.5 Å². The van der Waals surface area contributed by atoms with Crippen molar-refractivity contribution in [2.45, 2.75) is 51.5 Å². The van der Waals surface area contributed by atoms with Gasteiger partial charge in [-0.25, -0.2) is 9.59 Å². The molecule has 0 unspecified atom stereocenters. The zero-order chi connectivity index (χ0) is 20.6. The van der Waals surface area contributed by atoms with Gasteiger partial charge in [-0.3, -0.25) is 0 Å². The number of amides is 2. The second-order valence-electron chi connectivity index (χ2n) is 7.92. The molecule has 28 heavy (non-hydrogen) atoms. The predicted molar refractivity (Wildman–Crippen MR) is 105 cm³/mol. The fourth-order valence-electron chi connectivity index (χ4n) is 2.77. The third-order valence-corrected chi connectivity index (χ3v) is 4.18. The number of aliphatic hydroxyl groups excluding tert-OH is 1. The maximum atomic E-state index is 12.1. The van der Waals surface area contributed by atoms with Crippen LogP contribution in [0.1, 0.15) is 32.8 Å². The van der Waals surface area contributed by atoms with Crippen molar-refractivity contribution in [3.63, 3.8) is 0 Å². The van der Waals surface area contributed by atoms with E-state index < -0.39 is 17.8 Å². The fourth-order valence-corrected chi connectivity index (χ4v) is 2.77. The van der Waals surface area contributed by atoms with Crippen LogP contribution in [0.15, 0.2) is 30.3 Å². The van der Waals surface area contributed by atoms with Crippen LogP contribution in [-0.4, -0.2) is 66.1 Å². The third kappa shape index (κ3) is 8.14. The Morgan fingerprint density at radius 2 is 1.96 bits per heavy atom. The Balaban J connectivity index is 1.59. The van der Waals surface area contributed by atoms with Gasteiger partial charge in [0.1, 0.15) is 12.2 Å². The number of likely N-dealkylation sites (tertiary alicyclic amines) is 1. The molecule has 1 aliphatic heterocycles. The molecule has 1 fully saturated rings. The molecular weight excluding hydrogens is 362 g/mol. The smallest absolute Gasteiger partial charge is 0.410 e. The third-order valence-electron chi connectivity index (χ3n) is 4.18. The Morgan fingerprint density at radius 1 is 1.25 bits per heavy atom. The van der Waals surface area contributed by atoms with Crippen molar-refractivity contribution < 1.29 is 24.2 Å². The van der Waals surface area contributed by atoms with Crippen molar-refractivity contribution in [3.05, 3.63) is 35.9 Å². The number of alkyl carbamates (subject to hydrolysis) is 1. The molecule has 0 bridgehead atoms. The molecule has 2 rings (SSSR count). The molecule has 8 heteroatoms. The molecule has 156 valence electrons. The lowest BCUT2D eigenvalue weighted by Crippen LogP contribution is -2.43. The molecule has 0 saturated carbocycles. The monoisotopic (exact) mass is 393 g/mol. The highest BCUT2D eigenvalue weighted by atomic mass is 16.6. The predicted octanol–water partition coefficient (Wildman–Crippen LogP) is 1.87. The highest BCUT2D eigenvalue weighted by molar-refractivity contribution is 5.68. The summed E-state index contributed by atoms with van der Waals surface area (Å²) in [7, 11) is 0. The molecule has 0 spiro atoms. The van der Waals surface area contributed by atoms with E-state index in [1.54, 1.807) is 4.90 Å². The first-order valence-electron chi connectivity index (χ1n) is 9.57. The van der Waals surface area contributed by atoms with Crippen molar-refractivity contribution in [2.75, 3.05) is 26.2 Å².